The second-order valence-corrected chi connectivity index (χ2v) is 7.84. The first kappa shape index (κ1) is 18.0. The van der Waals surface area contributed by atoms with Crippen LogP contribution >= 0.6 is 11.6 Å². The number of nitrogens with zero attached hydrogens (tertiary/aromatic N) is 3. The Balaban J connectivity index is 1.78. The van der Waals surface area contributed by atoms with E-state index in [-0.39, 0.29) is 6.01 Å². The van der Waals surface area contributed by atoms with E-state index in [9.17, 15) is 4.79 Å². The largest absolute Gasteiger partial charge is 0.393 e. The molecular weight excluding hydrogens is 362 g/mol. The zero-order chi connectivity index (χ0) is 18.8. The zero-order valence-electron chi connectivity index (χ0n) is 15.3. The van der Waals surface area contributed by atoms with E-state index in [1.807, 2.05) is 30.3 Å². The first-order valence-electron chi connectivity index (χ1n) is 9.37. The molecule has 4 rings (SSSR count). The number of benzene rings is 1. The van der Waals surface area contributed by atoms with Crippen LogP contribution in [0.2, 0.25) is 5.02 Å². The fourth-order valence-corrected chi connectivity index (χ4v) is 4.15. The molecule has 0 radical (unpaired) electrons. The first-order valence-corrected chi connectivity index (χ1v) is 9.75. The summed E-state index contributed by atoms with van der Waals surface area (Å²) in [5, 5.41) is 0.636. The van der Waals surface area contributed by atoms with Crippen LogP contribution in [-0.2, 0) is 11.3 Å². The molecule has 1 aliphatic carbocycles. The lowest BCUT2D eigenvalue weighted by atomic mass is 9.83. The summed E-state index contributed by atoms with van der Waals surface area (Å²) in [6.45, 7) is 3.63. The molecule has 0 amide bonds. The van der Waals surface area contributed by atoms with Crippen molar-refractivity contribution < 1.29 is 9.53 Å². The van der Waals surface area contributed by atoms with Gasteiger partial charge in [-0.05, 0) is 42.9 Å². The van der Waals surface area contributed by atoms with Gasteiger partial charge in [0.1, 0.15) is 5.69 Å². The summed E-state index contributed by atoms with van der Waals surface area (Å²) in [7, 11) is 0. The quantitative estimate of drug-likeness (QED) is 0.574. The predicted octanol–water partition coefficient (Wildman–Crippen LogP) is 5.11. The summed E-state index contributed by atoms with van der Waals surface area (Å²) in [6.07, 6.45) is 7.13. The van der Waals surface area contributed by atoms with Gasteiger partial charge in [-0.2, -0.15) is 9.97 Å². The fraction of sp³-hybridized carbons (Fsp3) is 0.381. The summed E-state index contributed by atoms with van der Waals surface area (Å²) >= 11 is 6.19. The minimum Gasteiger partial charge on any atom is -0.393 e. The molecule has 0 saturated heterocycles. The van der Waals surface area contributed by atoms with E-state index in [4.69, 9.17) is 16.3 Å². The average Bonchev–Trinajstić information content (AvgIpc) is 3.06. The van der Waals surface area contributed by atoms with Crippen molar-refractivity contribution >= 4 is 29.1 Å². The smallest absolute Gasteiger partial charge is 0.325 e. The van der Waals surface area contributed by atoms with Gasteiger partial charge >= 0.3 is 12.5 Å². The van der Waals surface area contributed by atoms with Gasteiger partial charge in [-0.15, -0.1) is 0 Å². The van der Waals surface area contributed by atoms with Gasteiger partial charge in [0.25, 0.3) is 0 Å². The van der Waals surface area contributed by atoms with E-state index in [1.54, 1.807) is 0 Å². The topological polar surface area (TPSA) is 57.0 Å². The maximum absolute atomic E-state index is 10.8. The predicted molar refractivity (Wildman–Crippen MR) is 106 cm³/mol. The zero-order valence-corrected chi connectivity index (χ0v) is 16.0. The lowest BCUT2D eigenvalue weighted by Crippen LogP contribution is -2.17. The van der Waals surface area contributed by atoms with Gasteiger partial charge in [0.05, 0.1) is 11.0 Å². The van der Waals surface area contributed by atoms with Crippen LogP contribution in [0.3, 0.4) is 0 Å². The van der Waals surface area contributed by atoms with Crippen molar-refractivity contribution in [2.45, 2.75) is 39.2 Å². The van der Waals surface area contributed by atoms with Gasteiger partial charge in [-0.1, -0.05) is 43.5 Å². The second kappa shape index (κ2) is 7.69. The Hall–Kier alpha value is -2.40. The first-order chi connectivity index (χ1) is 13.1. The summed E-state index contributed by atoms with van der Waals surface area (Å²) in [5.74, 6) is 1.49. The normalized spacial score (nSPS) is 19.9. The summed E-state index contributed by atoms with van der Waals surface area (Å²) in [4.78, 5) is 19.7. The van der Waals surface area contributed by atoms with E-state index in [0.29, 0.717) is 17.4 Å². The van der Waals surface area contributed by atoms with Crippen LogP contribution in [0.5, 0.6) is 6.01 Å². The van der Waals surface area contributed by atoms with Crippen molar-refractivity contribution in [1.82, 2.24) is 14.5 Å². The number of aromatic nitrogens is 3. The molecule has 140 valence electrons. The number of hydrogen-bond donors (Lipinski definition) is 0. The molecule has 0 aliphatic heterocycles. The van der Waals surface area contributed by atoms with Crippen LogP contribution < -0.4 is 4.74 Å². The number of ether oxygens (including phenoxy) is 1. The van der Waals surface area contributed by atoms with Crippen LogP contribution in [-0.4, -0.2) is 21.0 Å². The van der Waals surface area contributed by atoms with E-state index < -0.39 is 0 Å². The Labute approximate surface area is 163 Å². The van der Waals surface area contributed by atoms with Crippen LogP contribution in [0.25, 0.3) is 22.3 Å². The highest BCUT2D eigenvalue weighted by Crippen LogP contribution is 2.33. The van der Waals surface area contributed by atoms with Gasteiger partial charge in [0.15, 0.2) is 0 Å². The molecular formula is C21H22ClN3O2. The molecule has 1 fully saturated rings. The number of rotatable bonds is 5. The van der Waals surface area contributed by atoms with E-state index in [1.165, 1.54) is 25.7 Å². The summed E-state index contributed by atoms with van der Waals surface area (Å²) < 4.78 is 7.17. The Kier molecular flexibility index (Phi) is 5.12. The lowest BCUT2D eigenvalue weighted by molar-refractivity contribution is -0.121. The van der Waals surface area contributed by atoms with Crippen LogP contribution in [0.4, 0.5) is 0 Å². The average molecular weight is 384 g/mol. The third kappa shape index (κ3) is 3.83. The van der Waals surface area contributed by atoms with Crippen LogP contribution in [0.15, 0.2) is 36.5 Å². The molecule has 0 atom stereocenters. The van der Waals surface area contributed by atoms with Gasteiger partial charge < -0.3 is 9.30 Å². The van der Waals surface area contributed by atoms with Crippen molar-refractivity contribution in [3.8, 4) is 17.3 Å². The third-order valence-electron chi connectivity index (χ3n) is 5.43. The minimum absolute atomic E-state index is 0.0525. The summed E-state index contributed by atoms with van der Waals surface area (Å²) in [5.41, 5.74) is 3.33. The molecule has 0 spiro atoms. The van der Waals surface area contributed by atoms with Gasteiger partial charge in [-0.25, -0.2) is 0 Å². The molecule has 1 aliphatic rings. The van der Waals surface area contributed by atoms with Crippen molar-refractivity contribution in [3.05, 3.63) is 41.6 Å². The van der Waals surface area contributed by atoms with Crippen molar-refractivity contribution in [2.24, 2.45) is 11.8 Å². The Morgan fingerprint density at radius 2 is 2.04 bits per heavy atom. The van der Waals surface area contributed by atoms with E-state index in [0.717, 1.165) is 34.8 Å². The molecule has 1 saturated carbocycles. The number of fused-ring (bicyclic) bond motifs is 1. The van der Waals surface area contributed by atoms with E-state index in [2.05, 4.69) is 27.7 Å². The van der Waals surface area contributed by atoms with Crippen molar-refractivity contribution in [2.75, 3.05) is 0 Å². The molecule has 2 aromatic heterocycles. The molecule has 5 nitrogen and oxygen atoms in total. The molecule has 27 heavy (non-hydrogen) atoms. The van der Waals surface area contributed by atoms with Gasteiger partial charge in [0.2, 0.25) is 0 Å². The SMILES string of the molecule is C[C@H]1CC[C@H](Cn2ccc3nc(OC=O)nc(-c4cccc(Cl)c4)c32)CC1. The lowest BCUT2D eigenvalue weighted by Gasteiger charge is -2.26. The van der Waals surface area contributed by atoms with Gasteiger partial charge in [0, 0.05) is 23.3 Å². The highest BCUT2D eigenvalue weighted by molar-refractivity contribution is 6.30. The van der Waals surface area contributed by atoms with Gasteiger partial charge in [-0.3, -0.25) is 4.79 Å². The maximum atomic E-state index is 10.8. The Morgan fingerprint density at radius 1 is 1.22 bits per heavy atom. The second-order valence-electron chi connectivity index (χ2n) is 7.41. The molecule has 0 N–H and O–H groups in total. The maximum Gasteiger partial charge on any atom is 0.325 e. The van der Waals surface area contributed by atoms with Crippen molar-refractivity contribution in [3.63, 3.8) is 0 Å². The van der Waals surface area contributed by atoms with E-state index >= 15 is 0 Å². The number of carbonyl (C=O) groups is 1. The highest BCUT2D eigenvalue weighted by Gasteiger charge is 2.21. The highest BCUT2D eigenvalue weighted by atomic mass is 35.5. The molecule has 0 unspecified atom stereocenters. The molecule has 2 heterocycles. The number of carbonyl (C=O) groups excluding carboxylic acids is 1. The van der Waals surface area contributed by atoms with Crippen LogP contribution in [0.1, 0.15) is 32.6 Å². The number of hydrogen-bond acceptors (Lipinski definition) is 4. The Bertz CT molecular complexity index is 961. The minimum atomic E-state index is 0.0525. The number of halogens is 1. The fourth-order valence-electron chi connectivity index (χ4n) is 3.96. The monoisotopic (exact) mass is 383 g/mol. The summed E-state index contributed by atoms with van der Waals surface area (Å²) in [6, 6.07) is 9.55. The standard InChI is InChI=1S/C21H22ClN3O2/c1-14-5-7-15(8-6-14)12-25-10-9-18-20(25)19(24-21(23-18)27-13-26)16-3-2-4-17(22)11-16/h2-4,9-11,13-15H,5-8,12H2,1H3/t14-,15-. The molecule has 6 heteroatoms. The van der Waals surface area contributed by atoms with Crippen LogP contribution in [0, 0.1) is 11.8 Å². The third-order valence-corrected chi connectivity index (χ3v) is 5.67. The molecule has 0 bridgehead atoms. The molecule has 3 aromatic rings. The van der Waals surface area contributed by atoms with Crippen molar-refractivity contribution in [1.29, 1.82) is 0 Å². The Morgan fingerprint density at radius 3 is 2.78 bits per heavy atom. The molecule has 1 aromatic carbocycles.